The molecule has 0 aromatic rings. The van der Waals surface area contributed by atoms with Gasteiger partial charge in [-0.1, -0.05) is 26.8 Å². The second-order valence-electron chi connectivity index (χ2n) is 4.10. The maximum absolute atomic E-state index is 10.9. The molecule has 0 atom stereocenters. The fourth-order valence-electron chi connectivity index (χ4n) is 0.771. The number of hydrogen-bond donors (Lipinski definition) is 1. The highest BCUT2D eigenvalue weighted by Crippen LogP contribution is 2.16. The number of rotatable bonds is 3. The maximum atomic E-state index is 10.9. The van der Waals surface area contributed by atoms with Gasteiger partial charge in [-0.15, -0.1) is 0 Å². The van der Waals surface area contributed by atoms with Gasteiger partial charge in [-0.2, -0.15) is 0 Å². The summed E-state index contributed by atoms with van der Waals surface area (Å²) >= 11 is 0. The van der Waals surface area contributed by atoms with Gasteiger partial charge in [-0.05, 0) is 24.8 Å². The predicted molar refractivity (Wildman–Crippen MR) is 51.9 cm³/mol. The minimum Gasteiger partial charge on any atom is -0.353 e. The molecule has 0 bridgehead atoms. The first-order valence-electron chi connectivity index (χ1n) is 4.36. The van der Waals surface area contributed by atoms with Crippen molar-refractivity contribution in [3.8, 4) is 0 Å². The summed E-state index contributed by atoms with van der Waals surface area (Å²) in [4.78, 5) is 10.9. The molecule has 0 spiro atoms. The number of allylic oxidation sites excluding steroid dienone is 1. The van der Waals surface area contributed by atoms with Crippen LogP contribution in [0, 0.1) is 5.41 Å². The lowest BCUT2D eigenvalue weighted by Gasteiger charge is -2.17. The molecular formula is C10H19NO. The molecule has 2 heteroatoms. The Bertz CT molecular complexity index is 165. The molecule has 0 fully saturated rings. The lowest BCUT2D eigenvalue weighted by molar-refractivity contribution is -0.116. The van der Waals surface area contributed by atoms with Crippen LogP contribution in [0.4, 0.5) is 0 Å². The highest BCUT2D eigenvalue weighted by molar-refractivity contribution is 5.87. The van der Waals surface area contributed by atoms with Crippen LogP contribution in [-0.2, 0) is 4.79 Å². The van der Waals surface area contributed by atoms with Gasteiger partial charge >= 0.3 is 0 Å². The smallest absolute Gasteiger partial charge is 0.243 e. The zero-order valence-corrected chi connectivity index (χ0v) is 8.48. The van der Waals surface area contributed by atoms with E-state index in [9.17, 15) is 4.79 Å². The molecule has 12 heavy (non-hydrogen) atoms. The van der Waals surface area contributed by atoms with E-state index in [0.717, 1.165) is 13.0 Å². The second kappa shape index (κ2) is 4.96. The van der Waals surface area contributed by atoms with Crippen LogP contribution in [0.15, 0.2) is 12.2 Å². The van der Waals surface area contributed by atoms with Crippen molar-refractivity contribution in [3.05, 3.63) is 12.2 Å². The van der Waals surface area contributed by atoms with E-state index in [1.54, 1.807) is 12.2 Å². The Morgan fingerprint density at radius 2 is 2.00 bits per heavy atom. The van der Waals surface area contributed by atoms with E-state index in [-0.39, 0.29) is 5.91 Å². The first-order chi connectivity index (χ1) is 5.45. The summed E-state index contributed by atoms with van der Waals surface area (Å²) in [6.07, 6.45) is 4.30. The molecule has 1 amide bonds. The van der Waals surface area contributed by atoms with Gasteiger partial charge in [0, 0.05) is 6.54 Å². The van der Waals surface area contributed by atoms with Gasteiger partial charge < -0.3 is 5.32 Å². The van der Waals surface area contributed by atoms with Crippen LogP contribution >= 0.6 is 0 Å². The summed E-state index contributed by atoms with van der Waals surface area (Å²) in [5, 5.41) is 2.81. The van der Waals surface area contributed by atoms with E-state index < -0.39 is 0 Å². The molecule has 0 aliphatic rings. The van der Waals surface area contributed by atoms with Crippen molar-refractivity contribution in [2.45, 2.75) is 34.1 Å². The van der Waals surface area contributed by atoms with Crippen LogP contribution in [0.3, 0.4) is 0 Å². The molecule has 2 nitrogen and oxygen atoms in total. The Kier molecular flexibility index (Phi) is 4.64. The highest BCUT2D eigenvalue weighted by atomic mass is 16.1. The van der Waals surface area contributed by atoms with Crippen LogP contribution in [0.2, 0.25) is 0 Å². The topological polar surface area (TPSA) is 29.1 Å². The summed E-state index contributed by atoms with van der Waals surface area (Å²) in [5.74, 6) is 0.00162. The van der Waals surface area contributed by atoms with Gasteiger partial charge in [0.15, 0.2) is 0 Å². The number of carbonyl (C=O) groups is 1. The van der Waals surface area contributed by atoms with Crippen molar-refractivity contribution in [2.75, 3.05) is 6.54 Å². The Morgan fingerprint density at radius 3 is 2.42 bits per heavy atom. The molecule has 0 aromatic carbocycles. The van der Waals surface area contributed by atoms with Crippen LogP contribution in [-0.4, -0.2) is 12.5 Å². The third-order valence-electron chi connectivity index (χ3n) is 1.49. The van der Waals surface area contributed by atoms with E-state index in [2.05, 4.69) is 26.1 Å². The summed E-state index contributed by atoms with van der Waals surface area (Å²) in [6, 6.07) is 0. The van der Waals surface area contributed by atoms with Gasteiger partial charge in [0.2, 0.25) is 5.91 Å². The standard InChI is InChI=1S/C10H19NO/c1-5-6-9(12)11-8-7-10(2,3)4/h5-6H,7-8H2,1-4H3,(H,11,12)/b6-5+. The van der Waals surface area contributed by atoms with Crippen molar-refractivity contribution in [3.63, 3.8) is 0 Å². The Morgan fingerprint density at radius 1 is 1.42 bits per heavy atom. The fraction of sp³-hybridized carbons (Fsp3) is 0.700. The predicted octanol–water partition coefficient (Wildman–Crippen LogP) is 2.11. The Hall–Kier alpha value is -0.790. The van der Waals surface area contributed by atoms with Crippen molar-refractivity contribution in [1.29, 1.82) is 0 Å². The summed E-state index contributed by atoms with van der Waals surface area (Å²) in [7, 11) is 0. The summed E-state index contributed by atoms with van der Waals surface area (Å²) < 4.78 is 0. The molecule has 0 radical (unpaired) electrons. The maximum Gasteiger partial charge on any atom is 0.243 e. The number of carbonyl (C=O) groups excluding carboxylic acids is 1. The zero-order chi connectivity index (χ0) is 9.61. The van der Waals surface area contributed by atoms with E-state index >= 15 is 0 Å². The molecule has 0 aliphatic heterocycles. The monoisotopic (exact) mass is 169 g/mol. The number of nitrogens with one attached hydrogen (secondary N) is 1. The molecule has 0 unspecified atom stereocenters. The van der Waals surface area contributed by atoms with Crippen molar-refractivity contribution >= 4 is 5.91 Å². The molecular weight excluding hydrogens is 150 g/mol. The van der Waals surface area contributed by atoms with E-state index in [4.69, 9.17) is 0 Å². The second-order valence-corrected chi connectivity index (χ2v) is 4.10. The molecule has 0 rings (SSSR count). The van der Waals surface area contributed by atoms with Crippen molar-refractivity contribution < 1.29 is 4.79 Å². The van der Waals surface area contributed by atoms with E-state index in [1.807, 2.05) is 6.92 Å². The molecule has 0 aromatic heterocycles. The van der Waals surface area contributed by atoms with Gasteiger partial charge in [0.25, 0.3) is 0 Å². The summed E-state index contributed by atoms with van der Waals surface area (Å²) in [5.41, 5.74) is 0.295. The van der Waals surface area contributed by atoms with Gasteiger partial charge in [0.05, 0.1) is 0 Å². The van der Waals surface area contributed by atoms with Crippen LogP contribution in [0.5, 0.6) is 0 Å². The molecule has 1 N–H and O–H groups in total. The third kappa shape index (κ3) is 7.32. The van der Waals surface area contributed by atoms with Crippen molar-refractivity contribution in [1.82, 2.24) is 5.32 Å². The minimum absolute atomic E-state index is 0.00162. The lowest BCUT2D eigenvalue weighted by Crippen LogP contribution is -2.25. The molecule has 0 saturated carbocycles. The van der Waals surface area contributed by atoms with Gasteiger partial charge in [-0.3, -0.25) is 4.79 Å². The highest BCUT2D eigenvalue weighted by Gasteiger charge is 2.09. The average Bonchev–Trinajstić information content (AvgIpc) is 1.84. The quantitative estimate of drug-likeness (QED) is 0.644. The molecule has 0 saturated heterocycles. The van der Waals surface area contributed by atoms with E-state index in [1.165, 1.54) is 0 Å². The van der Waals surface area contributed by atoms with Gasteiger partial charge in [-0.25, -0.2) is 0 Å². The number of hydrogen-bond acceptors (Lipinski definition) is 1. The molecule has 70 valence electrons. The van der Waals surface area contributed by atoms with Crippen LogP contribution in [0.25, 0.3) is 0 Å². The average molecular weight is 169 g/mol. The lowest BCUT2D eigenvalue weighted by atomic mass is 9.92. The van der Waals surface area contributed by atoms with Crippen LogP contribution in [0.1, 0.15) is 34.1 Å². The largest absolute Gasteiger partial charge is 0.353 e. The zero-order valence-electron chi connectivity index (χ0n) is 8.48. The van der Waals surface area contributed by atoms with Crippen LogP contribution < -0.4 is 5.32 Å². The third-order valence-corrected chi connectivity index (χ3v) is 1.49. The Balaban J connectivity index is 3.51. The first kappa shape index (κ1) is 11.2. The Labute approximate surface area is 75.0 Å². The number of amides is 1. The normalized spacial score (nSPS) is 12.0. The summed E-state index contributed by atoms with van der Waals surface area (Å²) in [6.45, 7) is 9.08. The van der Waals surface area contributed by atoms with Crippen molar-refractivity contribution in [2.24, 2.45) is 5.41 Å². The SMILES string of the molecule is C/C=C/C(=O)NCCC(C)(C)C. The van der Waals surface area contributed by atoms with Gasteiger partial charge in [0.1, 0.15) is 0 Å². The molecule has 0 aliphatic carbocycles. The van der Waals surface area contributed by atoms with E-state index in [0.29, 0.717) is 5.41 Å². The fourth-order valence-corrected chi connectivity index (χ4v) is 0.771. The first-order valence-corrected chi connectivity index (χ1v) is 4.36. The minimum atomic E-state index is 0.00162. The molecule has 0 heterocycles.